The van der Waals surface area contributed by atoms with Crippen LogP contribution in [-0.4, -0.2) is 37.9 Å². The van der Waals surface area contributed by atoms with E-state index in [0.717, 1.165) is 0 Å². The quantitative estimate of drug-likeness (QED) is 0.441. The van der Waals surface area contributed by atoms with Crippen molar-refractivity contribution in [3.05, 3.63) is 29.3 Å². The molecule has 0 saturated heterocycles. The van der Waals surface area contributed by atoms with Gasteiger partial charge in [0, 0.05) is 12.8 Å². The van der Waals surface area contributed by atoms with Crippen LogP contribution in [0.15, 0.2) is 23.8 Å². The van der Waals surface area contributed by atoms with Gasteiger partial charge in [-0.05, 0) is 36.1 Å². The van der Waals surface area contributed by atoms with Crippen LogP contribution in [0, 0.1) is 5.41 Å². The molecular formula is C20H24O6. The fourth-order valence-electron chi connectivity index (χ4n) is 2.84. The molecule has 0 spiro atoms. The molecule has 0 radical (unpaired) electrons. The SMILES string of the molecule is CCOC(=O)COc1ccc(C=C2C(=O)CC(C)(C)CC2=O)cc1OC. The second-order valence-electron chi connectivity index (χ2n) is 6.93. The summed E-state index contributed by atoms with van der Waals surface area (Å²) in [5, 5.41) is 0. The molecule has 0 atom stereocenters. The Labute approximate surface area is 153 Å². The second-order valence-corrected chi connectivity index (χ2v) is 6.93. The molecule has 6 nitrogen and oxygen atoms in total. The predicted molar refractivity (Wildman–Crippen MR) is 96.1 cm³/mol. The van der Waals surface area contributed by atoms with E-state index in [1.807, 2.05) is 13.8 Å². The van der Waals surface area contributed by atoms with Gasteiger partial charge in [-0.3, -0.25) is 9.59 Å². The molecular weight excluding hydrogens is 336 g/mol. The fourth-order valence-corrected chi connectivity index (χ4v) is 2.84. The number of hydrogen-bond donors (Lipinski definition) is 0. The third kappa shape index (κ3) is 4.94. The normalized spacial score (nSPS) is 16.2. The lowest BCUT2D eigenvalue weighted by molar-refractivity contribution is -0.145. The van der Waals surface area contributed by atoms with Gasteiger partial charge in [-0.2, -0.15) is 0 Å². The van der Waals surface area contributed by atoms with Crippen LogP contribution in [0.3, 0.4) is 0 Å². The van der Waals surface area contributed by atoms with Gasteiger partial charge in [-0.15, -0.1) is 0 Å². The van der Waals surface area contributed by atoms with E-state index in [9.17, 15) is 14.4 Å². The molecule has 1 fully saturated rings. The highest BCUT2D eigenvalue weighted by molar-refractivity contribution is 6.25. The number of rotatable bonds is 6. The molecule has 1 saturated carbocycles. The van der Waals surface area contributed by atoms with Gasteiger partial charge >= 0.3 is 5.97 Å². The summed E-state index contributed by atoms with van der Waals surface area (Å²) in [6, 6.07) is 5.00. The summed E-state index contributed by atoms with van der Waals surface area (Å²) in [5.74, 6) is 0.0206. The minimum atomic E-state index is -0.471. The van der Waals surface area contributed by atoms with E-state index in [2.05, 4.69) is 0 Å². The van der Waals surface area contributed by atoms with Crippen LogP contribution < -0.4 is 9.47 Å². The molecule has 0 aromatic heterocycles. The van der Waals surface area contributed by atoms with Crippen LogP contribution in [0.2, 0.25) is 0 Å². The maximum atomic E-state index is 12.3. The maximum absolute atomic E-state index is 12.3. The summed E-state index contributed by atoms with van der Waals surface area (Å²) in [4.78, 5) is 36.0. The number of methoxy groups -OCH3 is 1. The smallest absolute Gasteiger partial charge is 0.344 e. The molecule has 1 aromatic carbocycles. The molecule has 1 aliphatic carbocycles. The molecule has 1 aromatic rings. The van der Waals surface area contributed by atoms with Crippen molar-refractivity contribution in [1.29, 1.82) is 0 Å². The molecule has 0 bridgehead atoms. The number of ketones is 2. The van der Waals surface area contributed by atoms with E-state index in [0.29, 0.717) is 29.9 Å². The average molecular weight is 360 g/mol. The number of esters is 1. The Balaban J connectivity index is 2.20. The van der Waals surface area contributed by atoms with Gasteiger partial charge in [-0.1, -0.05) is 19.9 Å². The molecule has 2 rings (SSSR count). The zero-order valence-corrected chi connectivity index (χ0v) is 15.6. The molecule has 0 unspecified atom stereocenters. The van der Waals surface area contributed by atoms with Crippen molar-refractivity contribution in [2.24, 2.45) is 5.41 Å². The van der Waals surface area contributed by atoms with Crippen LogP contribution in [0.5, 0.6) is 11.5 Å². The topological polar surface area (TPSA) is 78.9 Å². The van der Waals surface area contributed by atoms with Gasteiger partial charge in [0.1, 0.15) is 0 Å². The Morgan fingerprint density at radius 3 is 2.38 bits per heavy atom. The van der Waals surface area contributed by atoms with Crippen LogP contribution >= 0.6 is 0 Å². The summed E-state index contributed by atoms with van der Waals surface area (Å²) in [7, 11) is 1.48. The molecule has 26 heavy (non-hydrogen) atoms. The van der Waals surface area contributed by atoms with Crippen LogP contribution in [0.1, 0.15) is 39.2 Å². The van der Waals surface area contributed by atoms with Crippen molar-refractivity contribution in [2.45, 2.75) is 33.6 Å². The van der Waals surface area contributed by atoms with Gasteiger partial charge in [0.05, 0.1) is 19.3 Å². The average Bonchev–Trinajstić information content (AvgIpc) is 2.56. The van der Waals surface area contributed by atoms with Crippen molar-refractivity contribution < 1.29 is 28.6 Å². The first-order valence-electron chi connectivity index (χ1n) is 8.50. The summed E-state index contributed by atoms with van der Waals surface area (Å²) >= 11 is 0. The molecule has 0 aliphatic heterocycles. The van der Waals surface area contributed by atoms with Crippen LogP contribution in [-0.2, 0) is 19.1 Å². The predicted octanol–water partition coefficient (Wildman–Crippen LogP) is 2.98. The number of ether oxygens (including phenoxy) is 3. The minimum Gasteiger partial charge on any atom is -0.493 e. The summed E-state index contributed by atoms with van der Waals surface area (Å²) in [6.07, 6.45) is 2.28. The summed E-state index contributed by atoms with van der Waals surface area (Å²) in [6.45, 7) is 5.60. The summed E-state index contributed by atoms with van der Waals surface area (Å²) in [5.41, 5.74) is 0.571. The van der Waals surface area contributed by atoms with Crippen molar-refractivity contribution in [3.8, 4) is 11.5 Å². The van der Waals surface area contributed by atoms with E-state index < -0.39 is 5.97 Å². The second kappa shape index (κ2) is 8.17. The molecule has 140 valence electrons. The van der Waals surface area contributed by atoms with Crippen molar-refractivity contribution in [1.82, 2.24) is 0 Å². The molecule has 0 heterocycles. The Bertz CT molecular complexity index is 723. The van der Waals surface area contributed by atoms with Gasteiger partial charge in [0.2, 0.25) is 0 Å². The van der Waals surface area contributed by atoms with Gasteiger partial charge in [0.15, 0.2) is 29.7 Å². The third-order valence-electron chi connectivity index (χ3n) is 4.03. The first-order valence-corrected chi connectivity index (χ1v) is 8.50. The van der Waals surface area contributed by atoms with Gasteiger partial charge in [-0.25, -0.2) is 4.79 Å². The number of Topliss-reactive ketones (excluding diaryl/α,β-unsaturated/α-hetero) is 2. The van der Waals surface area contributed by atoms with Gasteiger partial charge < -0.3 is 14.2 Å². The highest BCUT2D eigenvalue weighted by Crippen LogP contribution is 2.35. The first-order chi connectivity index (χ1) is 12.3. The number of allylic oxidation sites excluding steroid dienone is 1. The molecule has 1 aliphatic rings. The number of hydrogen-bond acceptors (Lipinski definition) is 6. The Kier molecular flexibility index (Phi) is 6.18. The van der Waals surface area contributed by atoms with Crippen molar-refractivity contribution in [2.75, 3.05) is 20.3 Å². The fraction of sp³-hybridized carbons (Fsp3) is 0.450. The molecule has 0 amide bonds. The lowest BCUT2D eigenvalue weighted by Crippen LogP contribution is -2.31. The zero-order chi connectivity index (χ0) is 19.3. The van der Waals surface area contributed by atoms with E-state index >= 15 is 0 Å². The van der Waals surface area contributed by atoms with E-state index in [1.165, 1.54) is 7.11 Å². The highest BCUT2D eigenvalue weighted by Gasteiger charge is 2.35. The van der Waals surface area contributed by atoms with Crippen LogP contribution in [0.25, 0.3) is 6.08 Å². The lowest BCUT2D eigenvalue weighted by atomic mass is 9.74. The standard InChI is InChI=1S/C20H24O6/c1-5-25-19(23)12-26-17-7-6-13(9-18(17)24-4)8-14-15(21)10-20(2,3)11-16(14)22/h6-9H,5,10-12H2,1-4H3. The Morgan fingerprint density at radius 1 is 1.15 bits per heavy atom. The number of benzene rings is 1. The van der Waals surface area contributed by atoms with E-state index in [-0.39, 0.29) is 35.8 Å². The number of carbonyl (C=O) groups excluding carboxylic acids is 3. The number of carbonyl (C=O) groups is 3. The first kappa shape index (κ1) is 19.7. The van der Waals surface area contributed by atoms with E-state index in [4.69, 9.17) is 14.2 Å². The van der Waals surface area contributed by atoms with Crippen molar-refractivity contribution in [3.63, 3.8) is 0 Å². The summed E-state index contributed by atoms with van der Waals surface area (Å²) < 4.78 is 15.5. The largest absolute Gasteiger partial charge is 0.493 e. The zero-order valence-electron chi connectivity index (χ0n) is 15.6. The molecule has 6 heteroatoms. The molecule has 0 N–H and O–H groups in total. The van der Waals surface area contributed by atoms with Gasteiger partial charge in [0.25, 0.3) is 0 Å². The Hall–Kier alpha value is -2.63. The third-order valence-corrected chi connectivity index (χ3v) is 4.03. The lowest BCUT2D eigenvalue weighted by Gasteiger charge is -2.28. The Morgan fingerprint density at radius 2 is 1.81 bits per heavy atom. The highest BCUT2D eigenvalue weighted by atomic mass is 16.6. The van der Waals surface area contributed by atoms with Crippen molar-refractivity contribution >= 4 is 23.6 Å². The maximum Gasteiger partial charge on any atom is 0.344 e. The van der Waals surface area contributed by atoms with E-state index in [1.54, 1.807) is 31.2 Å². The minimum absolute atomic E-state index is 0.146. The van der Waals surface area contributed by atoms with Crippen LogP contribution in [0.4, 0.5) is 0 Å². The monoisotopic (exact) mass is 360 g/mol.